The summed E-state index contributed by atoms with van der Waals surface area (Å²) in [4.78, 5) is 4.18. The quantitative estimate of drug-likeness (QED) is 0.831. The Bertz CT molecular complexity index is 254. The van der Waals surface area contributed by atoms with Gasteiger partial charge in [0.25, 0.3) is 0 Å². The van der Waals surface area contributed by atoms with Crippen LogP contribution in [-0.4, -0.2) is 23.2 Å². The number of hydrogen-bond acceptors (Lipinski definition) is 4. The van der Waals surface area contributed by atoms with Crippen LogP contribution in [0.2, 0.25) is 0 Å². The molecule has 1 aromatic heterocycles. The number of thiazole rings is 1. The molecule has 1 rings (SSSR count). The van der Waals surface area contributed by atoms with Crippen LogP contribution in [0.4, 0.5) is 0 Å². The molecule has 1 aromatic rings. The van der Waals surface area contributed by atoms with Crippen molar-refractivity contribution in [3.8, 4) is 0 Å². The highest BCUT2D eigenvalue weighted by atomic mass is 32.1. The molecule has 0 aliphatic rings. The Morgan fingerprint density at radius 2 is 2.29 bits per heavy atom. The van der Waals surface area contributed by atoms with Crippen molar-refractivity contribution in [1.82, 2.24) is 4.98 Å². The number of hydrogen-bond donors (Lipinski definition) is 1. The molecule has 0 aromatic carbocycles. The van der Waals surface area contributed by atoms with Gasteiger partial charge in [0.15, 0.2) is 0 Å². The van der Waals surface area contributed by atoms with Crippen LogP contribution in [0.15, 0.2) is 11.6 Å². The van der Waals surface area contributed by atoms with Gasteiger partial charge in [0, 0.05) is 24.0 Å². The summed E-state index contributed by atoms with van der Waals surface area (Å²) in [5.41, 5.74) is 5.80. The van der Waals surface area contributed by atoms with Gasteiger partial charge in [-0.2, -0.15) is 0 Å². The lowest BCUT2D eigenvalue weighted by atomic mass is 10.2. The van der Waals surface area contributed by atoms with Crippen molar-refractivity contribution in [3.05, 3.63) is 16.6 Å². The maximum atomic E-state index is 5.91. The Morgan fingerprint density at radius 3 is 2.79 bits per heavy atom. The first-order chi connectivity index (χ1) is 6.47. The lowest BCUT2D eigenvalue weighted by Crippen LogP contribution is -2.33. The van der Waals surface area contributed by atoms with Gasteiger partial charge in [0.2, 0.25) is 0 Å². The summed E-state index contributed by atoms with van der Waals surface area (Å²) in [6.07, 6.45) is 2.60. The van der Waals surface area contributed by atoms with Crippen LogP contribution in [0.1, 0.15) is 25.8 Å². The van der Waals surface area contributed by atoms with Gasteiger partial charge in [-0.3, -0.25) is 0 Å². The summed E-state index contributed by atoms with van der Waals surface area (Å²) in [5, 5.41) is 3.04. The molecule has 0 bridgehead atoms. The minimum atomic E-state index is -0.111. The van der Waals surface area contributed by atoms with Gasteiger partial charge in [-0.05, 0) is 20.8 Å². The molecule has 0 aliphatic heterocycles. The van der Waals surface area contributed by atoms with E-state index in [-0.39, 0.29) is 11.6 Å². The summed E-state index contributed by atoms with van der Waals surface area (Å²) < 4.78 is 5.59. The van der Waals surface area contributed by atoms with Crippen molar-refractivity contribution in [2.75, 3.05) is 6.61 Å². The van der Waals surface area contributed by atoms with Crippen LogP contribution in [0.25, 0.3) is 0 Å². The molecule has 1 atom stereocenters. The molecule has 0 saturated heterocycles. The molecule has 80 valence electrons. The third kappa shape index (κ3) is 4.69. The average Bonchev–Trinajstić information content (AvgIpc) is 2.52. The first-order valence-corrected chi connectivity index (χ1v) is 5.63. The summed E-state index contributed by atoms with van der Waals surface area (Å²) in [5.74, 6) is 0. The second kappa shape index (κ2) is 4.87. The first kappa shape index (κ1) is 11.6. The van der Waals surface area contributed by atoms with E-state index in [2.05, 4.69) is 4.98 Å². The Kier molecular flexibility index (Phi) is 4.04. The molecular formula is C10H18N2OS. The molecule has 0 amide bonds. The fourth-order valence-corrected chi connectivity index (χ4v) is 1.70. The van der Waals surface area contributed by atoms with Crippen molar-refractivity contribution in [2.24, 2.45) is 5.73 Å². The minimum Gasteiger partial charge on any atom is -0.374 e. The molecule has 2 N–H and O–H groups in total. The van der Waals surface area contributed by atoms with Gasteiger partial charge >= 0.3 is 0 Å². The SMILES string of the molecule is CC(C)(C)OCC(N)Cc1nccs1. The van der Waals surface area contributed by atoms with Gasteiger partial charge in [-0.15, -0.1) is 11.3 Å². The molecule has 14 heavy (non-hydrogen) atoms. The number of rotatable bonds is 4. The van der Waals surface area contributed by atoms with E-state index in [0.29, 0.717) is 6.61 Å². The van der Waals surface area contributed by atoms with E-state index in [1.54, 1.807) is 17.5 Å². The van der Waals surface area contributed by atoms with Crippen LogP contribution < -0.4 is 5.73 Å². The molecule has 4 heteroatoms. The second-order valence-electron chi connectivity index (χ2n) is 4.31. The summed E-state index contributed by atoms with van der Waals surface area (Å²) in [6.45, 7) is 6.68. The monoisotopic (exact) mass is 214 g/mol. The molecule has 3 nitrogen and oxygen atoms in total. The number of aromatic nitrogens is 1. The standard InChI is InChI=1S/C10H18N2OS/c1-10(2,3)13-7-8(11)6-9-12-4-5-14-9/h4-5,8H,6-7,11H2,1-3H3. The van der Waals surface area contributed by atoms with Crippen molar-refractivity contribution >= 4 is 11.3 Å². The van der Waals surface area contributed by atoms with Crippen LogP contribution in [0.3, 0.4) is 0 Å². The van der Waals surface area contributed by atoms with E-state index in [4.69, 9.17) is 10.5 Å². The Hall–Kier alpha value is -0.450. The van der Waals surface area contributed by atoms with Crippen molar-refractivity contribution in [2.45, 2.75) is 38.8 Å². The molecule has 0 saturated carbocycles. The van der Waals surface area contributed by atoms with Crippen LogP contribution >= 0.6 is 11.3 Å². The van der Waals surface area contributed by atoms with E-state index >= 15 is 0 Å². The number of ether oxygens (including phenoxy) is 1. The normalized spacial score (nSPS) is 14.3. The topological polar surface area (TPSA) is 48.1 Å². The van der Waals surface area contributed by atoms with Crippen molar-refractivity contribution in [1.29, 1.82) is 0 Å². The van der Waals surface area contributed by atoms with Crippen molar-refractivity contribution < 1.29 is 4.74 Å². The minimum absolute atomic E-state index is 0.0420. The molecule has 1 heterocycles. The predicted molar refractivity (Wildman–Crippen MR) is 59.5 cm³/mol. The lowest BCUT2D eigenvalue weighted by Gasteiger charge is -2.22. The smallest absolute Gasteiger partial charge is 0.0941 e. The van der Waals surface area contributed by atoms with Gasteiger partial charge in [-0.25, -0.2) is 4.98 Å². The highest BCUT2D eigenvalue weighted by Crippen LogP contribution is 2.10. The largest absolute Gasteiger partial charge is 0.374 e. The molecule has 1 unspecified atom stereocenters. The zero-order valence-corrected chi connectivity index (χ0v) is 9.80. The second-order valence-corrected chi connectivity index (χ2v) is 5.29. The highest BCUT2D eigenvalue weighted by molar-refractivity contribution is 7.09. The molecule has 0 fully saturated rings. The van der Waals surface area contributed by atoms with Crippen molar-refractivity contribution in [3.63, 3.8) is 0 Å². The lowest BCUT2D eigenvalue weighted by molar-refractivity contribution is -0.00983. The predicted octanol–water partition coefficient (Wildman–Crippen LogP) is 1.83. The van der Waals surface area contributed by atoms with Gasteiger partial charge in [0.05, 0.1) is 17.2 Å². The fourth-order valence-electron chi connectivity index (χ4n) is 0.994. The maximum Gasteiger partial charge on any atom is 0.0941 e. The zero-order valence-electron chi connectivity index (χ0n) is 8.99. The van der Waals surface area contributed by atoms with Crippen LogP contribution in [0.5, 0.6) is 0 Å². The summed E-state index contributed by atoms with van der Waals surface area (Å²) in [6, 6.07) is 0.0420. The summed E-state index contributed by atoms with van der Waals surface area (Å²) >= 11 is 1.64. The van der Waals surface area contributed by atoms with E-state index in [0.717, 1.165) is 11.4 Å². The van der Waals surface area contributed by atoms with Gasteiger partial charge in [0.1, 0.15) is 0 Å². The van der Waals surface area contributed by atoms with Crippen LogP contribution in [-0.2, 0) is 11.2 Å². The first-order valence-electron chi connectivity index (χ1n) is 4.75. The van der Waals surface area contributed by atoms with E-state index in [1.165, 1.54) is 0 Å². The Labute approximate surface area is 89.3 Å². The fraction of sp³-hybridized carbons (Fsp3) is 0.700. The van der Waals surface area contributed by atoms with Gasteiger partial charge in [-0.1, -0.05) is 0 Å². The summed E-state index contributed by atoms with van der Waals surface area (Å²) in [7, 11) is 0. The van der Waals surface area contributed by atoms with Gasteiger partial charge < -0.3 is 10.5 Å². The van der Waals surface area contributed by atoms with Crippen LogP contribution in [0, 0.1) is 0 Å². The van der Waals surface area contributed by atoms with E-state index < -0.39 is 0 Å². The molecular weight excluding hydrogens is 196 g/mol. The Balaban J connectivity index is 2.26. The maximum absolute atomic E-state index is 5.91. The number of nitrogens with two attached hydrogens (primary N) is 1. The molecule has 0 radical (unpaired) electrons. The molecule has 0 aliphatic carbocycles. The van der Waals surface area contributed by atoms with E-state index in [9.17, 15) is 0 Å². The third-order valence-corrected chi connectivity index (χ3v) is 2.45. The average molecular weight is 214 g/mol. The Morgan fingerprint density at radius 1 is 1.57 bits per heavy atom. The highest BCUT2D eigenvalue weighted by Gasteiger charge is 2.13. The third-order valence-electron chi connectivity index (χ3n) is 1.65. The number of nitrogens with zero attached hydrogens (tertiary/aromatic N) is 1. The zero-order chi connectivity index (χ0) is 10.6. The van der Waals surface area contributed by atoms with E-state index in [1.807, 2.05) is 26.2 Å². The molecule has 0 spiro atoms.